The zero-order valence-corrected chi connectivity index (χ0v) is 14.9. The van der Waals surface area contributed by atoms with Gasteiger partial charge >= 0.3 is 5.97 Å². The number of carbonyl (C=O) groups excluding carboxylic acids is 1. The highest BCUT2D eigenvalue weighted by atomic mass is 19.1. The third-order valence-corrected chi connectivity index (χ3v) is 4.09. The van der Waals surface area contributed by atoms with Gasteiger partial charge in [0.1, 0.15) is 29.4 Å². The zero-order valence-electron chi connectivity index (χ0n) is 14.9. The van der Waals surface area contributed by atoms with Crippen LogP contribution in [-0.2, 0) is 11.8 Å². The van der Waals surface area contributed by atoms with E-state index in [1.165, 1.54) is 25.2 Å². The van der Waals surface area contributed by atoms with Crippen LogP contribution in [0.1, 0.15) is 10.4 Å². The molecule has 1 amide bonds. The van der Waals surface area contributed by atoms with E-state index in [1.54, 1.807) is 0 Å². The molecule has 0 bridgehead atoms. The number of pyridine rings is 1. The third-order valence-electron chi connectivity index (χ3n) is 4.09. The maximum Gasteiger partial charge on any atom is 0.322 e. The largest absolute Gasteiger partial charge is 0.506 e. The number of carbonyl (C=O) groups is 2. The van der Waals surface area contributed by atoms with E-state index in [9.17, 15) is 28.3 Å². The van der Waals surface area contributed by atoms with Crippen LogP contribution in [0, 0.1) is 11.6 Å². The predicted octanol–water partition coefficient (Wildman–Crippen LogP) is 2.13. The Kier molecular flexibility index (Phi) is 5.18. The fourth-order valence-electron chi connectivity index (χ4n) is 2.70. The Bertz CT molecular complexity index is 1210. The zero-order chi connectivity index (χ0) is 21.3. The molecule has 0 unspecified atom stereocenters. The number of aryl methyl sites for hydroxylation is 1. The lowest BCUT2D eigenvalue weighted by molar-refractivity contribution is -0.135. The summed E-state index contributed by atoms with van der Waals surface area (Å²) >= 11 is 0. The van der Waals surface area contributed by atoms with Crippen LogP contribution in [0.25, 0.3) is 10.9 Å². The maximum absolute atomic E-state index is 13.8. The van der Waals surface area contributed by atoms with Crippen LogP contribution in [0.15, 0.2) is 41.2 Å². The van der Waals surface area contributed by atoms with Gasteiger partial charge in [-0.25, -0.2) is 8.78 Å². The van der Waals surface area contributed by atoms with E-state index in [0.717, 1.165) is 16.7 Å². The number of aromatic nitrogens is 1. The van der Waals surface area contributed by atoms with E-state index in [-0.39, 0.29) is 22.4 Å². The number of aromatic hydroxyl groups is 1. The van der Waals surface area contributed by atoms with Gasteiger partial charge in [-0.1, -0.05) is 0 Å². The molecule has 0 fully saturated rings. The molecule has 0 aliphatic rings. The van der Waals surface area contributed by atoms with E-state index < -0.39 is 46.9 Å². The minimum absolute atomic E-state index is 0.0977. The molecular weight excluding hydrogens is 390 g/mol. The summed E-state index contributed by atoms with van der Waals surface area (Å²) in [4.78, 5) is 35.2. The standard InChI is InChI=1S/C19H14F2N2O6/c1-23-13-7-10(29-14-5-2-9(20)6-12(14)21)3-4-11(13)17(26)16(19(23)28)18(27)22-8-15(24)25/h2-7,26H,8H2,1H3,(H,22,27)(H,24,25). The summed E-state index contributed by atoms with van der Waals surface area (Å²) in [5.74, 6) is -4.83. The van der Waals surface area contributed by atoms with Crippen molar-refractivity contribution < 1.29 is 33.3 Å². The fourth-order valence-corrected chi connectivity index (χ4v) is 2.70. The molecule has 29 heavy (non-hydrogen) atoms. The first-order chi connectivity index (χ1) is 13.7. The first-order valence-corrected chi connectivity index (χ1v) is 8.17. The molecule has 0 radical (unpaired) electrons. The van der Waals surface area contributed by atoms with E-state index in [1.807, 2.05) is 5.32 Å². The number of carboxylic acids is 1. The van der Waals surface area contributed by atoms with Crippen molar-refractivity contribution >= 4 is 22.8 Å². The Labute approximate surface area is 161 Å². The first kappa shape index (κ1) is 19.8. The van der Waals surface area contributed by atoms with Gasteiger partial charge < -0.3 is 24.8 Å². The van der Waals surface area contributed by atoms with Gasteiger partial charge in [0.15, 0.2) is 11.6 Å². The van der Waals surface area contributed by atoms with Crippen molar-refractivity contribution in [2.45, 2.75) is 0 Å². The molecule has 1 aromatic heterocycles. The molecule has 8 nitrogen and oxygen atoms in total. The molecule has 3 rings (SSSR count). The van der Waals surface area contributed by atoms with Gasteiger partial charge in [-0.3, -0.25) is 14.4 Å². The first-order valence-electron chi connectivity index (χ1n) is 8.17. The SMILES string of the molecule is Cn1c(=O)c(C(=O)NCC(=O)O)c(O)c2ccc(Oc3ccc(F)cc3F)cc21. The number of carboxylic acid groups (broad SMARTS) is 1. The molecule has 150 valence electrons. The molecule has 3 aromatic rings. The minimum atomic E-state index is -1.31. The van der Waals surface area contributed by atoms with Crippen molar-refractivity contribution in [3.8, 4) is 17.2 Å². The van der Waals surface area contributed by atoms with E-state index in [0.29, 0.717) is 6.07 Å². The number of hydrogen-bond acceptors (Lipinski definition) is 5. The number of fused-ring (bicyclic) bond motifs is 1. The van der Waals surface area contributed by atoms with Crippen LogP contribution in [0.5, 0.6) is 17.2 Å². The number of nitrogens with one attached hydrogen (secondary N) is 1. The number of benzene rings is 2. The second-order valence-electron chi connectivity index (χ2n) is 6.02. The van der Waals surface area contributed by atoms with Crippen molar-refractivity contribution in [2.24, 2.45) is 7.05 Å². The molecule has 0 saturated heterocycles. The third kappa shape index (κ3) is 3.86. The van der Waals surface area contributed by atoms with Crippen LogP contribution in [-0.4, -0.2) is 33.2 Å². The number of amides is 1. The second kappa shape index (κ2) is 7.58. The summed E-state index contributed by atoms with van der Waals surface area (Å²) in [5, 5.41) is 21.1. The highest BCUT2D eigenvalue weighted by Gasteiger charge is 2.22. The molecule has 0 atom stereocenters. The molecular formula is C19H14F2N2O6. The highest BCUT2D eigenvalue weighted by Crippen LogP contribution is 2.31. The summed E-state index contributed by atoms with van der Waals surface area (Å²) < 4.78 is 33.2. The fraction of sp³-hybridized carbons (Fsp3) is 0.105. The summed E-state index contributed by atoms with van der Waals surface area (Å²) in [7, 11) is 1.33. The molecule has 0 saturated carbocycles. The number of hydrogen-bond donors (Lipinski definition) is 3. The normalized spacial score (nSPS) is 10.7. The predicted molar refractivity (Wildman–Crippen MR) is 97.3 cm³/mol. The van der Waals surface area contributed by atoms with Gasteiger partial charge in [0.2, 0.25) is 0 Å². The lowest BCUT2D eigenvalue weighted by Crippen LogP contribution is -2.35. The number of aliphatic carboxylic acids is 1. The minimum Gasteiger partial charge on any atom is -0.506 e. The molecule has 0 aliphatic carbocycles. The number of nitrogens with zero attached hydrogens (tertiary/aromatic N) is 1. The molecule has 3 N–H and O–H groups in total. The molecule has 0 spiro atoms. The van der Waals surface area contributed by atoms with Crippen LogP contribution in [0.2, 0.25) is 0 Å². The molecule has 1 heterocycles. The Hall–Kier alpha value is -3.95. The van der Waals surface area contributed by atoms with Crippen LogP contribution >= 0.6 is 0 Å². The Morgan fingerprint density at radius 2 is 1.90 bits per heavy atom. The highest BCUT2D eigenvalue weighted by molar-refractivity contribution is 6.03. The number of halogens is 2. The Morgan fingerprint density at radius 1 is 1.17 bits per heavy atom. The van der Waals surface area contributed by atoms with E-state index in [4.69, 9.17) is 9.84 Å². The van der Waals surface area contributed by atoms with Crippen LogP contribution in [0.3, 0.4) is 0 Å². The average Bonchev–Trinajstić information content (AvgIpc) is 2.67. The van der Waals surface area contributed by atoms with Gasteiger partial charge in [0.05, 0.1) is 5.52 Å². The second-order valence-corrected chi connectivity index (χ2v) is 6.02. The molecule has 2 aromatic carbocycles. The van der Waals surface area contributed by atoms with Crippen LogP contribution in [0.4, 0.5) is 8.78 Å². The molecule has 10 heteroatoms. The van der Waals surface area contributed by atoms with Gasteiger partial charge in [0.25, 0.3) is 11.5 Å². The summed E-state index contributed by atoms with van der Waals surface area (Å²) in [6, 6.07) is 6.80. The quantitative estimate of drug-likeness (QED) is 0.600. The lowest BCUT2D eigenvalue weighted by atomic mass is 10.1. The van der Waals surface area contributed by atoms with Crippen molar-refractivity contribution in [3.05, 3.63) is 63.9 Å². The lowest BCUT2D eigenvalue weighted by Gasteiger charge is -2.13. The topological polar surface area (TPSA) is 118 Å². The maximum atomic E-state index is 13.8. The van der Waals surface area contributed by atoms with Gasteiger partial charge in [-0.15, -0.1) is 0 Å². The van der Waals surface area contributed by atoms with Crippen molar-refractivity contribution in [1.29, 1.82) is 0 Å². The van der Waals surface area contributed by atoms with E-state index >= 15 is 0 Å². The van der Waals surface area contributed by atoms with Gasteiger partial charge in [0, 0.05) is 24.6 Å². The van der Waals surface area contributed by atoms with Crippen LogP contribution < -0.4 is 15.6 Å². The summed E-state index contributed by atoms with van der Waals surface area (Å²) in [6.07, 6.45) is 0. The number of ether oxygens (including phenoxy) is 1. The van der Waals surface area contributed by atoms with Gasteiger partial charge in [-0.05, 0) is 24.3 Å². The summed E-state index contributed by atoms with van der Waals surface area (Å²) in [5.41, 5.74) is -1.31. The van der Waals surface area contributed by atoms with Gasteiger partial charge in [-0.2, -0.15) is 0 Å². The van der Waals surface area contributed by atoms with Crippen molar-refractivity contribution in [1.82, 2.24) is 9.88 Å². The Morgan fingerprint density at radius 3 is 2.55 bits per heavy atom. The van der Waals surface area contributed by atoms with Crippen molar-refractivity contribution in [3.63, 3.8) is 0 Å². The monoisotopic (exact) mass is 404 g/mol. The van der Waals surface area contributed by atoms with Crippen molar-refractivity contribution in [2.75, 3.05) is 6.54 Å². The smallest absolute Gasteiger partial charge is 0.322 e. The number of rotatable bonds is 5. The average molecular weight is 404 g/mol. The Balaban J connectivity index is 2.05. The molecule has 0 aliphatic heterocycles. The van der Waals surface area contributed by atoms with E-state index in [2.05, 4.69) is 0 Å². The summed E-state index contributed by atoms with van der Waals surface area (Å²) in [6.45, 7) is -0.727.